The molecule has 0 saturated heterocycles. The monoisotopic (exact) mass is 473 g/mol. The van der Waals surface area contributed by atoms with Crippen molar-refractivity contribution in [1.82, 2.24) is 4.90 Å². The maximum Gasteiger partial charge on any atom is 0.349 e. The second kappa shape index (κ2) is 9.10. The zero-order valence-electron chi connectivity index (χ0n) is 20.3. The molecular formula is C31H27N3O2. The van der Waals surface area contributed by atoms with Gasteiger partial charge in [-0.05, 0) is 55.1 Å². The predicted molar refractivity (Wildman–Crippen MR) is 144 cm³/mol. The Morgan fingerprint density at radius 3 is 2.17 bits per heavy atom. The minimum atomic E-state index is -0.391. The van der Waals surface area contributed by atoms with E-state index in [9.17, 15) is 4.79 Å². The lowest BCUT2D eigenvalue weighted by Gasteiger charge is -2.35. The van der Waals surface area contributed by atoms with Gasteiger partial charge in [-0.15, -0.1) is 0 Å². The predicted octanol–water partition coefficient (Wildman–Crippen LogP) is 6.35. The lowest BCUT2D eigenvalue weighted by Crippen LogP contribution is -2.47. The highest BCUT2D eigenvalue weighted by Crippen LogP contribution is 2.47. The van der Waals surface area contributed by atoms with Gasteiger partial charge in [-0.1, -0.05) is 78.9 Å². The van der Waals surface area contributed by atoms with Crippen LogP contribution in [0.2, 0.25) is 0 Å². The van der Waals surface area contributed by atoms with Crippen molar-refractivity contribution in [2.45, 2.75) is 18.7 Å². The van der Waals surface area contributed by atoms with Gasteiger partial charge in [0.25, 0.3) is 0 Å². The van der Waals surface area contributed by atoms with Crippen molar-refractivity contribution in [2.75, 3.05) is 19.0 Å². The standard InChI is InChI=1S/C31H27N3O2/c1-33(2)20-21-13-15-22(16-14-21)24-17-18-27-26(19-24)29-30(36-27)28(23-9-5-3-6-10-23)32-31(35)34(29)25-11-7-4-8-12-25/h3-19,29-30H,20H2,1-2H3. The van der Waals surface area contributed by atoms with Gasteiger partial charge in [0.15, 0.2) is 6.10 Å². The van der Waals surface area contributed by atoms with Crippen LogP contribution in [0.25, 0.3) is 11.1 Å². The van der Waals surface area contributed by atoms with Gasteiger partial charge in [0, 0.05) is 23.4 Å². The highest BCUT2D eigenvalue weighted by Gasteiger charge is 2.47. The summed E-state index contributed by atoms with van der Waals surface area (Å²) in [5.41, 5.74) is 6.87. The first-order valence-corrected chi connectivity index (χ1v) is 12.2. The molecule has 5 heteroatoms. The summed E-state index contributed by atoms with van der Waals surface area (Å²) in [7, 11) is 4.14. The van der Waals surface area contributed by atoms with Crippen molar-refractivity contribution in [3.8, 4) is 16.9 Å². The molecule has 6 rings (SSSR count). The fourth-order valence-electron chi connectivity index (χ4n) is 5.12. The molecule has 4 aromatic carbocycles. The maximum atomic E-state index is 13.5. The number of anilines is 1. The van der Waals surface area contributed by atoms with Gasteiger partial charge >= 0.3 is 6.03 Å². The summed E-state index contributed by atoms with van der Waals surface area (Å²) >= 11 is 0. The topological polar surface area (TPSA) is 45.1 Å². The summed E-state index contributed by atoms with van der Waals surface area (Å²) < 4.78 is 6.50. The number of urea groups is 1. The molecule has 178 valence electrons. The molecule has 5 nitrogen and oxygen atoms in total. The molecule has 0 spiro atoms. The van der Waals surface area contributed by atoms with E-state index in [2.05, 4.69) is 60.4 Å². The molecule has 2 aliphatic heterocycles. The second-order valence-corrected chi connectivity index (χ2v) is 9.52. The number of rotatable bonds is 5. The lowest BCUT2D eigenvalue weighted by molar-refractivity contribution is 0.233. The van der Waals surface area contributed by atoms with Crippen LogP contribution in [0.3, 0.4) is 0 Å². The van der Waals surface area contributed by atoms with Crippen LogP contribution in [0.5, 0.6) is 5.75 Å². The van der Waals surface area contributed by atoms with Gasteiger partial charge in [0.1, 0.15) is 11.8 Å². The molecule has 0 bridgehead atoms. The number of hydrogen-bond acceptors (Lipinski definition) is 3. The van der Waals surface area contributed by atoms with E-state index >= 15 is 0 Å². The van der Waals surface area contributed by atoms with E-state index in [1.807, 2.05) is 66.7 Å². The van der Waals surface area contributed by atoms with Gasteiger partial charge in [0.05, 0.1) is 5.71 Å². The zero-order valence-corrected chi connectivity index (χ0v) is 20.3. The van der Waals surface area contributed by atoms with Gasteiger partial charge in [-0.2, -0.15) is 4.99 Å². The Labute approximate surface area is 211 Å². The van der Waals surface area contributed by atoms with Gasteiger partial charge in [-0.3, -0.25) is 4.90 Å². The number of fused-ring (bicyclic) bond motifs is 3. The minimum Gasteiger partial charge on any atom is -0.481 e. The van der Waals surface area contributed by atoms with Gasteiger partial charge in [0.2, 0.25) is 0 Å². The molecular weight excluding hydrogens is 446 g/mol. The largest absolute Gasteiger partial charge is 0.481 e. The number of carbonyl (C=O) groups is 1. The maximum absolute atomic E-state index is 13.5. The fourth-order valence-corrected chi connectivity index (χ4v) is 5.12. The van der Waals surface area contributed by atoms with E-state index in [0.29, 0.717) is 5.71 Å². The molecule has 2 amide bonds. The Bertz CT molecular complexity index is 1430. The normalized spacial score (nSPS) is 18.5. The molecule has 0 N–H and O–H groups in total. The molecule has 0 aromatic heterocycles. The molecule has 36 heavy (non-hydrogen) atoms. The van der Waals surface area contributed by atoms with Crippen LogP contribution in [0.4, 0.5) is 10.5 Å². The van der Waals surface area contributed by atoms with E-state index in [1.54, 1.807) is 4.90 Å². The number of amides is 2. The number of carbonyl (C=O) groups excluding carboxylic acids is 1. The Kier molecular flexibility index (Phi) is 5.62. The van der Waals surface area contributed by atoms with Crippen molar-refractivity contribution in [3.05, 3.63) is 120 Å². The number of ether oxygens (including phenoxy) is 1. The molecule has 0 radical (unpaired) electrons. The van der Waals surface area contributed by atoms with Crippen LogP contribution >= 0.6 is 0 Å². The first kappa shape index (κ1) is 22.3. The fraction of sp³-hybridized carbons (Fsp3) is 0.161. The van der Waals surface area contributed by atoms with Gasteiger partial charge < -0.3 is 9.64 Å². The molecule has 2 aliphatic rings. The number of benzene rings is 4. The molecule has 2 heterocycles. The zero-order chi connectivity index (χ0) is 24.6. The van der Waals surface area contributed by atoms with Crippen LogP contribution in [0.15, 0.2) is 108 Å². The van der Waals surface area contributed by atoms with E-state index in [4.69, 9.17) is 4.74 Å². The summed E-state index contributed by atoms with van der Waals surface area (Å²) in [5.74, 6) is 0.789. The number of para-hydroxylation sites is 1. The van der Waals surface area contributed by atoms with E-state index in [0.717, 1.165) is 40.2 Å². The average molecular weight is 474 g/mol. The lowest BCUT2D eigenvalue weighted by atomic mass is 9.91. The Morgan fingerprint density at radius 1 is 0.806 bits per heavy atom. The highest BCUT2D eigenvalue weighted by molar-refractivity contribution is 6.15. The molecule has 0 saturated carbocycles. The van der Waals surface area contributed by atoms with Crippen LogP contribution < -0.4 is 9.64 Å². The van der Waals surface area contributed by atoms with Crippen molar-refractivity contribution < 1.29 is 9.53 Å². The SMILES string of the molecule is CN(C)Cc1ccc(-c2ccc3c(c2)C2C(O3)C(c3ccccc3)=NC(=O)N2c2ccccc2)cc1. The summed E-state index contributed by atoms with van der Waals surface area (Å²) in [5, 5.41) is 0. The Hall–Kier alpha value is -4.22. The van der Waals surface area contributed by atoms with Crippen LogP contribution in [-0.2, 0) is 6.54 Å². The van der Waals surface area contributed by atoms with Crippen molar-refractivity contribution in [1.29, 1.82) is 0 Å². The van der Waals surface area contributed by atoms with Gasteiger partial charge in [-0.25, -0.2) is 4.79 Å². The first-order chi connectivity index (χ1) is 17.6. The van der Waals surface area contributed by atoms with Crippen LogP contribution in [0, 0.1) is 0 Å². The molecule has 4 aromatic rings. The third-order valence-corrected chi connectivity index (χ3v) is 6.73. The second-order valence-electron chi connectivity index (χ2n) is 9.52. The summed E-state index contributed by atoms with van der Waals surface area (Å²) in [6.45, 7) is 0.901. The van der Waals surface area contributed by atoms with E-state index < -0.39 is 6.10 Å². The van der Waals surface area contributed by atoms with Crippen LogP contribution in [0.1, 0.15) is 22.7 Å². The first-order valence-electron chi connectivity index (χ1n) is 12.2. The quantitative estimate of drug-likeness (QED) is 0.339. The number of hydrogen-bond donors (Lipinski definition) is 0. The number of nitrogens with zero attached hydrogens (tertiary/aromatic N) is 3. The highest BCUT2D eigenvalue weighted by atomic mass is 16.5. The minimum absolute atomic E-state index is 0.281. The molecule has 2 unspecified atom stereocenters. The summed E-state index contributed by atoms with van der Waals surface area (Å²) in [6, 6.07) is 33.9. The Morgan fingerprint density at radius 2 is 1.47 bits per heavy atom. The third kappa shape index (κ3) is 3.97. The summed E-state index contributed by atoms with van der Waals surface area (Å²) in [6.07, 6.45) is -0.391. The smallest absolute Gasteiger partial charge is 0.349 e. The molecule has 0 fully saturated rings. The number of aliphatic imine (C=N–C) groups is 1. The average Bonchev–Trinajstić information content (AvgIpc) is 3.28. The Balaban J connectivity index is 1.44. The van der Waals surface area contributed by atoms with E-state index in [-0.39, 0.29) is 12.1 Å². The van der Waals surface area contributed by atoms with E-state index in [1.165, 1.54) is 5.56 Å². The summed E-state index contributed by atoms with van der Waals surface area (Å²) in [4.78, 5) is 21.9. The molecule has 0 aliphatic carbocycles. The van der Waals surface area contributed by atoms with Crippen molar-refractivity contribution in [2.24, 2.45) is 4.99 Å². The van der Waals surface area contributed by atoms with Crippen molar-refractivity contribution in [3.63, 3.8) is 0 Å². The third-order valence-electron chi connectivity index (χ3n) is 6.73. The van der Waals surface area contributed by atoms with Crippen molar-refractivity contribution >= 4 is 17.4 Å². The van der Waals surface area contributed by atoms with Crippen LogP contribution in [-0.4, -0.2) is 36.8 Å². The molecule has 2 atom stereocenters.